The van der Waals surface area contributed by atoms with E-state index in [2.05, 4.69) is 0 Å². The summed E-state index contributed by atoms with van der Waals surface area (Å²) in [6.07, 6.45) is 3.04. The third-order valence-electron chi connectivity index (χ3n) is 3.18. The number of likely N-dealkylation sites (tertiary alicyclic amines) is 1. The predicted molar refractivity (Wildman–Crippen MR) is 76.4 cm³/mol. The van der Waals surface area contributed by atoms with Gasteiger partial charge in [-0.3, -0.25) is 4.79 Å². The molecule has 116 valence electrons. The van der Waals surface area contributed by atoms with Gasteiger partial charge in [0.2, 0.25) is 0 Å². The molecule has 0 aromatic carbocycles. The minimum Gasteiger partial charge on any atom is -0.466 e. The minimum atomic E-state index is -0.486. The van der Waals surface area contributed by atoms with Gasteiger partial charge in [0, 0.05) is 13.1 Å². The summed E-state index contributed by atoms with van der Waals surface area (Å²) in [7, 11) is 0. The fourth-order valence-electron chi connectivity index (χ4n) is 2.34. The molecule has 1 unspecified atom stereocenters. The Morgan fingerprint density at radius 3 is 2.55 bits per heavy atom. The number of hydrogen-bond donors (Lipinski definition) is 0. The van der Waals surface area contributed by atoms with Crippen molar-refractivity contribution in [3.05, 3.63) is 0 Å². The zero-order valence-electron chi connectivity index (χ0n) is 13.1. The van der Waals surface area contributed by atoms with E-state index in [-0.39, 0.29) is 18.0 Å². The van der Waals surface area contributed by atoms with E-state index in [9.17, 15) is 9.59 Å². The molecular weight excluding hydrogens is 258 g/mol. The Balaban J connectivity index is 2.55. The lowest BCUT2D eigenvalue weighted by Gasteiger charge is -2.28. The smallest absolute Gasteiger partial charge is 0.410 e. The number of nitrogens with zero attached hydrogens (tertiary/aromatic N) is 1. The molecule has 0 aromatic rings. The third kappa shape index (κ3) is 6.26. The lowest BCUT2D eigenvalue weighted by molar-refractivity contribution is -0.144. The Morgan fingerprint density at radius 2 is 1.95 bits per heavy atom. The first-order valence-corrected chi connectivity index (χ1v) is 7.45. The van der Waals surface area contributed by atoms with Crippen LogP contribution in [0.5, 0.6) is 0 Å². The molecule has 1 aliphatic rings. The molecule has 0 bridgehead atoms. The van der Waals surface area contributed by atoms with Crippen LogP contribution in [0.15, 0.2) is 0 Å². The molecular formula is C15H27NO4. The normalized spacial score (nSPS) is 20.2. The van der Waals surface area contributed by atoms with Crippen molar-refractivity contribution in [2.75, 3.05) is 19.7 Å². The molecule has 5 heteroatoms. The molecule has 1 fully saturated rings. The standard InChI is InChI=1S/C15H27NO4/c1-5-19-13(17)10-12-8-6-7-9-16(11-12)14(18)20-15(2,3)4/h12H,5-11H2,1-4H3. The highest BCUT2D eigenvalue weighted by Crippen LogP contribution is 2.21. The molecule has 1 saturated heterocycles. The lowest BCUT2D eigenvalue weighted by Crippen LogP contribution is -2.39. The maximum absolute atomic E-state index is 12.1. The molecule has 1 rings (SSSR count). The Hall–Kier alpha value is -1.26. The van der Waals surface area contributed by atoms with Crippen LogP contribution in [0.25, 0.3) is 0 Å². The number of hydrogen-bond acceptors (Lipinski definition) is 4. The van der Waals surface area contributed by atoms with Crippen molar-refractivity contribution in [3.63, 3.8) is 0 Å². The van der Waals surface area contributed by atoms with Crippen LogP contribution in [0.4, 0.5) is 4.79 Å². The number of carbonyl (C=O) groups is 2. The molecule has 0 radical (unpaired) electrons. The summed E-state index contributed by atoms with van der Waals surface area (Å²) in [4.78, 5) is 25.4. The van der Waals surface area contributed by atoms with E-state index in [4.69, 9.17) is 9.47 Å². The fraction of sp³-hybridized carbons (Fsp3) is 0.867. The largest absolute Gasteiger partial charge is 0.466 e. The number of amides is 1. The third-order valence-corrected chi connectivity index (χ3v) is 3.18. The molecule has 0 N–H and O–H groups in total. The molecule has 5 nitrogen and oxygen atoms in total. The molecule has 0 spiro atoms. The molecule has 0 saturated carbocycles. The average molecular weight is 285 g/mol. The van der Waals surface area contributed by atoms with Crippen LogP contribution < -0.4 is 0 Å². The Labute approximate surface area is 121 Å². The van der Waals surface area contributed by atoms with Crippen LogP contribution >= 0.6 is 0 Å². The molecule has 1 atom stereocenters. The SMILES string of the molecule is CCOC(=O)CC1CCCCN(C(=O)OC(C)(C)C)C1. The van der Waals surface area contributed by atoms with Gasteiger partial charge in [0.25, 0.3) is 0 Å². The van der Waals surface area contributed by atoms with Crippen molar-refractivity contribution >= 4 is 12.1 Å². The second-order valence-corrected chi connectivity index (χ2v) is 6.30. The zero-order chi connectivity index (χ0) is 15.2. The van der Waals surface area contributed by atoms with Gasteiger partial charge in [-0.1, -0.05) is 6.42 Å². The highest BCUT2D eigenvalue weighted by atomic mass is 16.6. The predicted octanol–water partition coefficient (Wildman–Crippen LogP) is 2.98. The van der Waals surface area contributed by atoms with Gasteiger partial charge in [0.05, 0.1) is 13.0 Å². The minimum absolute atomic E-state index is 0.170. The van der Waals surface area contributed by atoms with Crippen molar-refractivity contribution in [3.8, 4) is 0 Å². The molecule has 1 heterocycles. The van der Waals surface area contributed by atoms with E-state index in [1.54, 1.807) is 11.8 Å². The van der Waals surface area contributed by atoms with E-state index in [1.807, 2.05) is 20.8 Å². The van der Waals surface area contributed by atoms with E-state index in [0.717, 1.165) is 19.3 Å². The van der Waals surface area contributed by atoms with Crippen molar-refractivity contribution in [1.82, 2.24) is 4.90 Å². The van der Waals surface area contributed by atoms with Crippen molar-refractivity contribution < 1.29 is 19.1 Å². The quantitative estimate of drug-likeness (QED) is 0.748. The first-order chi connectivity index (χ1) is 9.31. The summed E-state index contributed by atoms with van der Waals surface area (Å²) < 4.78 is 10.4. The monoisotopic (exact) mass is 285 g/mol. The van der Waals surface area contributed by atoms with Crippen LogP contribution in [0.1, 0.15) is 53.4 Å². The lowest BCUT2D eigenvalue weighted by atomic mass is 10.00. The Kier molecular flexibility index (Phi) is 6.30. The van der Waals surface area contributed by atoms with Gasteiger partial charge in [0.1, 0.15) is 5.60 Å². The second-order valence-electron chi connectivity index (χ2n) is 6.30. The van der Waals surface area contributed by atoms with E-state index in [1.165, 1.54) is 0 Å². The second kappa shape index (κ2) is 7.50. The summed E-state index contributed by atoms with van der Waals surface area (Å²) in [6, 6.07) is 0. The summed E-state index contributed by atoms with van der Waals surface area (Å²) in [5, 5.41) is 0. The van der Waals surface area contributed by atoms with Gasteiger partial charge in [-0.05, 0) is 46.5 Å². The molecule has 1 aliphatic heterocycles. The van der Waals surface area contributed by atoms with E-state index >= 15 is 0 Å². The van der Waals surface area contributed by atoms with Gasteiger partial charge in [-0.15, -0.1) is 0 Å². The van der Waals surface area contributed by atoms with Crippen LogP contribution in [0, 0.1) is 5.92 Å². The average Bonchev–Trinajstić information content (AvgIpc) is 2.52. The van der Waals surface area contributed by atoms with Crippen LogP contribution in [-0.2, 0) is 14.3 Å². The Morgan fingerprint density at radius 1 is 1.25 bits per heavy atom. The van der Waals surface area contributed by atoms with Crippen molar-refractivity contribution in [1.29, 1.82) is 0 Å². The summed E-state index contributed by atoms with van der Waals surface area (Å²) in [5.74, 6) is -0.00685. The topological polar surface area (TPSA) is 55.8 Å². The number of ether oxygens (including phenoxy) is 2. The summed E-state index contributed by atoms with van der Waals surface area (Å²) in [5.41, 5.74) is -0.486. The van der Waals surface area contributed by atoms with Crippen molar-refractivity contribution in [2.24, 2.45) is 5.92 Å². The fourth-order valence-corrected chi connectivity index (χ4v) is 2.34. The summed E-state index contributed by atoms with van der Waals surface area (Å²) in [6.45, 7) is 9.07. The van der Waals surface area contributed by atoms with Crippen molar-refractivity contribution in [2.45, 2.75) is 59.0 Å². The van der Waals surface area contributed by atoms with Gasteiger partial charge >= 0.3 is 12.1 Å². The van der Waals surface area contributed by atoms with Crippen LogP contribution in [0.3, 0.4) is 0 Å². The first-order valence-electron chi connectivity index (χ1n) is 7.45. The van der Waals surface area contributed by atoms with Gasteiger partial charge in [-0.25, -0.2) is 4.79 Å². The van der Waals surface area contributed by atoms with E-state index < -0.39 is 5.60 Å². The Bertz CT molecular complexity index is 335. The van der Waals surface area contributed by atoms with Gasteiger partial charge in [-0.2, -0.15) is 0 Å². The van der Waals surface area contributed by atoms with E-state index in [0.29, 0.717) is 26.1 Å². The molecule has 0 aromatic heterocycles. The number of rotatable bonds is 3. The van der Waals surface area contributed by atoms with Gasteiger partial charge < -0.3 is 14.4 Å². The molecule has 0 aliphatic carbocycles. The number of esters is 1. The highest BCUT2D eigenvalue weighted by molar-refractivity contribution is 5.70. The zero-order valence-corrected chi connectivity index (χ0v) is 13.1. The first kappa shape index (κ1) is 16.8. The van der Waals surface area contributed by atoms with Crippen LogP contribution in [0.2, 0.25) is 0 Å². The number of carbonyl (C=O) groups excluding carboxylic acids is 2. The van der Waals surface area contributed by atoms with Gasteiger partial charge in [0.15, 0.2) is 0 Å². The maximum atomic E-state index is 12.1. The molecule has 20 heavy (non-hydrogen) atoms. The van der Waals surface area contributed by atoms with Crippen LogP contribution in [-0.4, -0.2) is 42.3 Å². The highest BCUT2D eigenvalue weighted by Gasteiger charge is 2.27. The maximum Gasteiger partial charge on any atom is 0.410 e. The molecule has 1 amide bonds. The summed E-state index contributed by atoms with van der Waals surface area (Å²) >= 11 is 0.